The summed E-state index contributed by atoms with van der Waals surface area (Å²) in [5.41, 5.74) is 0.876. The Kier molecular flexibility index (Phi) is 5.63. The smallest absolute Gasteiger partial charge is 0.238 e. The number of nitrogens with one attached hydrogen (secondary N) is 2. The lowest BCUT2D eigenvalue weighted by Crippen LogP contribution is -2.43. The van der Waals surface area contributed by atoms with E-state index in [9.17, 15) is 9.59 Å². The van der Waals surface area contributed by atoms with E-state index >= 15 is 0 Å². The summed E-state index contributed by atoms with van der Waals surface area (Å²) < 4.78 is 0. The van der Waals surface area contributed by atoms with E-state index in [0.717, 1.165) is 11.4 Å². The van der Waals surface area contributed by atoms with Crippen molar-refractivity contribution in [3.05, 3.63) is 46.4 Å². The van der Waals surface area contributed by atoms with Crippen molar-refractivity contribution >= 4 is 28.7 Å². The average Bonchev–Trinajstić information content (AvgIpc) is 3.08. The number of nitrogens with zero attached hydrogens (tertiary/aromatic N) is 1. The number of amides is 1. The van der Waals surface area contributed by atoms with Crippen LogP contribution in [0.25, 0.3) is 0 Å². The third-order valence-electron chi connectivity index (χ3n) is 3.80. The fourth-order valence-corrected chi connectivity index (χ4v) is 2.99. The highest BCUT2D eigenvalue weighted by Crippen LogP contribution is 2.25. The minimum absolute atomic E-state index is 0.0263. The molecule has 1 atom stereocenters. The first-order valence-electron chi connectivity index (χ1n) is 7.50. The van der Waals surface area contributed by atoms with Crippen LogP contribution in [0.2, 0.25) is 0 Å². The minimum Gasteiger partial charge on any atom is -0.325 e. The lowest BCUT2D eigenvalue weighted by molar-refractivity contribution is -0.115. The summed E-state index contributed by atoms with van der Waals surface area (Å²) in [5, 5.41) is 8.98. The van der Waals surface area contributed by atoms with Crippen LogP contribution in [-0.4, -0.2) is 23.2 Å². The molecule has 0 bridgehead atoms. The van der Waals surface area contributed by atoms with Gasteiger partial charge in [0.2, 0.25) is 5.91 Å². The van der Waals surface area contributed by atoms with E-state index < -0.39 is 0 Å². The summed E-state index contributed by atoms with van der Waals surface area (Å²) in [7, 11) is 0. The molecular formula is C17H21N3O2S. The topological polar surface area (TPSA) is 71.1 Å². The third kappa shape index (κ3) is 4.46. The second-order valence-corrected chi connectivity index (χ2v) is 6.46. The van der Waals surface area contributed by atoms with Gasteiger partial charge in [-0.25, -0.2) is 4.98 Å². The molecule has 0 radical (unpaired) electrons. The van der Waals surface area contributed by atoms with Crippen LogP contribution in [-0.2, 0) is 10.3 Å². The predicted molar refractivity (Wildman–Crippen MR) is 92.8 cm³/mol. The highest BCUT2D eigenvalue weighted by Gasteiger charge is 2.27. The summed E-state index contributed by atoms with van der Waals surface area (Å²) in [6.07, 6.45) is 2.59. The van der Waals surface area contributed by atoms with Crippen molar-refractivity contribution < 1.29 is 9.59 Å². The number of benzene rings is 1. The third-order valence-corrected chi connectivity index (χ3v) is 4.84. The molecule has 6 heteroatoms. The van der Waals surface area contributed by atoms with Crippen molar-refractivity contribution in [1.82, 2.24) is 10.3 Å². The number of hydrogen-bond donors (Lipinski definition) is 2. The number of carbonyl (C=O) groups is 2. The van der Waals surface area contributed by atoms with Gasteiger partial charge in [0.15, 0.2) is 5.78 Å². The van der Waals surface area contributed by atoms with Gasteiger partial charge in [0.1, 0.15) is 5.01 Å². The largest absolute Gasteiger partial charge is 0.325 e. The summed E-state index contributed by atoms with van der Waals surface area (Å²) in [5.74, 6) is -0.177. The standard InChI is InChI=1S/C17H21N3O2S/c1-4-17(3,16-18-8-9-23-16)19-11-15(22)20-14-7-5-6-13(10-14)12(2)21/h5-10,19H,4,11H2,1-3H3,(H,20,22). The normalized spacial score (nSPS) is 13.3. The Labute approximate surface area is 140 Å². The maximum atomic E-state index is 12.2. The highest BCUT2D eigenvalue weighted by atomic mass is 32.1. The van der Waals surface area contributed by atoms with Crippen LogP contribution in [0.1, 0.15) is 42.6 Å². The van der Waals surface area contributed by atoms with Gasteiger partial charge in [-0.1, -0.05) is 19.1 Å². The van der Waals surface area contributed by atoms with E-state index in [1.165, 1.54) is 6.92 Å². The van der Waals surface area contributed by atoms with Gasteiger partial charge in [-0.05, 0) is 32.4 Å². The van der Waals surface area contributed by atoms with Gasteiger partial charge in [-0.15, -0.1) is 11.3 Å². The van der Waals surface area contributed by atoms with Crippen LogP contribution in [0.3, 0.4) is 0 Å². The average molecular weight is 331 g/mol. The van der Waals surface area contributed by atoms with E-state index in [-0.39, 0.29) is 23.8 Å². The summed E-state index contributed by atoms with van der Waals surface area (Å²) in [6, 6.07) is 6.93. The minimum atomic E-state index is -0.327. The van der Waals surface area contributed by atoms with Crippen LogP contribution < -0.4 is 10.6 Å². The molecule has 1 heterocycles. The molecule has 2 rings (SSSR count). The van der Waals surface area contributed by atoms with Gasteiger partial charge >= 0.3 is 0 Å². The van der Waals surface area contributed by atoms with Gasteiger partial charge in [0.25, 0.3) is 0 Å². The van der Waals surface area contributed by atoms with Gasteiger partial charge in [0.05, 0.1) is 12.1 Å². The van der Waals surface area contributed by atoms with Crippen molar-refractivity contribution in [2.45, 2.75) is 32.7 Å². The first-order chi connectivity index (χ1) is 10.9. The number of aromatic nitrogens is 1. The van der Waals surface area contributed by atoms with Crippen molar-refractivity contribution in [3.8, 4) is 0 Å². The summed E-state index contributed by atoms with van der Waals surface area (Å²) >= 11 is 1.57. The second kappa shape index (κ2) is 7.48. The van der Waals surface area contributed by atoms with Gasteiger partial charge in [0, 0.05) is 22.8 Å². The molecule has 0 fully saturated rings. The van der Waals surface area contributed by atoms with Crippen molar-refractivity contribution in [2.75, 3.05) is 11.9 Å². The number of thiazole rings is 1. The highest BCUT2D eigenvalue weighted by molar-refractivity contribution is 7.09. The molecule has 0 aliphatic rings. The molecule has 23 heavy (non-hydrogen) atoms. The molecule has 1 amide bonds. The van der Waals surface area contributed by atoms with Crippen LogP contribution in [0.15, 0.2) is 35.8 Å². The Morgan fingerprint density at radius 3 is 2.74 bits per heavy atom. The molecule has 5 nitrogen and oxygen atoms in total. The number of hydrogen-bond acceptors (Lipinski definition) is 5. The monoisotopic (exact) mass is 331 g/mol. The molecule has 1 aromatic carbocycles. The second-order valence-electron chi connectivity index (χ2n) is 5.56. The quantitative estimate of drug-likeness (QED) is 0.764. The fraction of sp³-hybridized carbons (Fsp3) is 0.353. The molecular weight excluding hydrogens is 310 g/mol. The number of rotatable bonds is 7. The molecule has 0 saturated heterocycles. The number of Topliss-reactive ketones (excluding diaryl/α,β-unsaturated/α-hetero) is 1. The Balaban J connectivity index is 1.97. The number of anilines is 1. The molecule has 2 N–H and O–H groups in total. The van der Waals surface area contributed by atoms with E-state index in [1.807, 2.05) is 12.3 Å². The fourth-order valence-electron chi connectivity index (χ4n) is 2.14. The first kappa shape index (κ1) is 17.3. The van der Waals surface area contributed by atoms with Crippen molar-refractivity contribution in [1.29, 1.82) is 0 Å². The summed E-state index contributed by atoms with van der Waals surface area (Å²) in [4.78, 5) is 27.9. The number of ketones is 1. The Hall–Kier alpha value is -2.05. The van der Waals surface area contributed by atoms with Crippen molar-refractivity contribution in [2.24, 2.45) is 0 Å². The lowest BCUT2D eigenvalue weighted by atomic mass is 10.00. The Bertz CT molecular complexity index is 685. The van der Waals surface area contributed by atoms with Crippen LogP contribution >= 0.6 is 11.3 Å². The van der Waals surface area contributed by atoms with Gasteiger partial charge in [-0.2, -0.15) is 0 Å². The van der Waals surface area contributed by atoms with E-state index in [0.29, 0.717) is 11.3 Å². The van der Waals surface area contributed by atoms with Crippen molar-refractivity contribution in [3.63, 3.8) is 0 Å². The zero-order valence-electron chi connectivity index (χ0n) is 13.6. The Morgan fingerprint density at radius 2 is 2.13 bits per heavy atom. The Morgan fingerprint density at radius 1 is 1.35 bits per heavy atom. The van der Waals surface area contributed by atoms with Gasteiger partial charge < -0.3 is 5.32 Å². The molecule has 0 saturated carbocycles. The maximum absolute atomic E-state index is 12.2. The van der Waals surface area contributed by atoms with E-state index in [2.05, 4.69) is 22.5 Å². The SMILES string of the molecule is CCC(C)(NCC(=O)Nc1cccc(C(C)=O)c1)c1nccs1. The molecule has 2 aromatic rings. The van der Waals surface area contributed by atoms with Crippen LogP contribution in [0.4, 0.5) is 5.69 Å². The molecule has 122 valence electrons. The number of carbonyl (C=O) groups excluding carboxylic acids is 2. The molecule has 1 aromatic heterocycles. The zero-order valence-corrected chi connectivity index (χ0v) is 14.4. The van der Waals surface area contributed by atoms with Crippen LogP contribution in [0, 0.1) is 0 Å². The molecule has 0 aliphatic heterocycles. The molecule has 1 unspecified atom stereocenters. The lowest BCUT2D eigenvalue weighted by Gasteiger charge is -2.27. The molecule has 0 spiro atoms. The zero-order chi connectivity index (χ0) is 16.9. The van der Waals surface area contributed by atoms with E-state index in [1.54, 1.807) is 41.8 Å². The first-order valence-corrected chi connectivity index (χ1v) is 8.38. The summed E-state index contributed by atoms with van der Waals surface area (Å²) in [6.45, 7) is 5.77. The van der Waals surface area contributed by atoms with Crippen LogP contribution in [0.5, 0.6) is 0 Å². The maximum Gasteiger partial charge on any atom is 0.238 e. The molecule has 0 aliphatic carbocycles. The van der Waals surface area contributed by atoms with E-state index in [4.69, 9.17) is 0 Å². The predicted octanol–water partition coefficient (Wildman–Crippen LogP) is 3.20. The van der Waals surface area contributed by atoms with Gasteiger partial charge in [-0.3, -0.25) is 14.9 Å².